The van der Waals surface area contributed by atoms with Crippen LogP contribution in [0.2, 0.25) is 5.02 Å². The number of Topliss-reactive ketones (excluding diaryl/α,β-unsaturated/α-hetero) is 1. The molecule has 0 spiro atoms. The molecule has 0 amide bonds. The summed E-state index contributed by atoms with van der Waals surface area (Å²) >= 11 is 6.41. The summed E-state index contributed by atoms with van der Waals surface area (Å²) in [6.07, 6.45) is 2.44. The zero-order valence-electron chi connectivity index (χ0n) is 21.2. The second-order valence-electron chi connectivity index (χ2n) is 8.82. The maximum atomic E-state index is 12.8. The molecule has 0 atom stereocenters. The smallest absolute Gasteiger partial charge is 0.143 e. The molecule has 9 heteroatoms. The van der Waals surface area contributed by atoms with E-state index < -0.39 is 0 Å². The van der Waals surface area contributed by atoms with E-state index in [1.807, 2.05) is 30.3 Å². The van der Waals surface area contributed by atoms with Gasteiger partial charge in [-0.05, 0) is 35.4 Å². The number of ketones is 1. The number of aromatic nitrogens is 2. The highest BCUT2D eigenvalue weighted by Crippen LogP contribution is 2.33. The maximum Gasteiger partial charge on any atom is 0.143 e. The lowest BCUT2D eigenvalue weighted by Crippen LogP contribution is -2.38. The molecule has 2 heterocycles. The fourth-order valence-corrected chi connectivity index (χ4v) is 4.46. The second kappa shape index (κ2) is 13.4. The minimum atomic E-state index is -0.0162. The number of hydrogen-bond acceptors (Lipinski definition) is 8. The predicted molar refractivity (Wildman–Crippen MR) is 141 cm³/mol. The zero-order chi connectivity index (χ0) is 26.0. The molecular formula is C28H32ClN3O5. The lowest BCUT2D eigenvalue weighted by atomic mass is 10.0. The molecule has 196 valence electrons. The Bertz CT molecular complexity index is 1200. The van der Waals surface area contributed by atoms with Gasteiger partial charge < -0.3 is 18.9 Å². The number of rotatable bonds is 12. The maximum absolute atomic E-state index is 12.8. The van der Waals surface area contributed by atoms with Crippen molar-refractivity contribution < 1.29 is 23.7 Å². The Morgan fingerprint density at radius 2 is 1.81 bits per heavy atom. The number of nitrogens with zero attached hydrogens (tertiary/aromatic N) is 3. The molecule has 1 aliphatic rings. The van der Waals surface area contributed by atoms with E-state index in [2.05, 4.69) is 14.9 Å². The van der Waals surface area contributed by atoms with Crippen molar-refractivity contribution in [3.05, 3.63) is 76.3 Å². The first-order valence-corrected chi connectivity index (χ1v) is 12.7. The lowest BCUT2D eigenvalue weighted by Gasteiger charge is -2.26. The topological polar surface area (TPSA) is 83.0 Å². The highest BCUT2D eigenvalue weighted by atomic mass is 35.5. The van der Waals surface area contributed by atoms with Gasteiger partial charge in [-0.1, -0.05) is 23.7 Å². The Morgan fingerprint density at radius 3 is 2.59 bits per heavy atom. The molecule has 8 nitrogen and oxygen atoms in total. The normalized spacial score (nSPS) is 13.8. The number of carbonyl (C=O) groups excluding carboxylic acids is 1. The first-order valence-electron chi connectivity index (χ1n) is 12.3. The molecule has 1 fully saturated rings. The fourth-order valence-electron chi connectivity index (χ4n) is 4.21. The van der Waals surface area contributed by atoms with Gasteiger partial charge in [-0.25, -0.2) is 9.97 Å². The van der Waals surface area contributed by atoms with Crippen molar-refractivity contribution in [3.63, 3.8) is 0 Å². The Balaban J connectivity index is 1.34. The van der Waals surface area contributed by atoms with Crippen LogP contribution >= 0.6 is 11.6 Å². The number of carbonyl (C=O) groups is 1. The van der Waals surface area contributed by atoms with Gasteiger partial charge in [0, 0.05) is 50.7 Å². The number of ether oxygens (including phenoxy) is 4. The van der Waals surface area contributed by atoms with Crippen molar-refractivity contribution in [2.45, 2.75) is 19.3 Å². The van der Waals surface area contributed by atoms with Gasteiger partial charge in [0.15, 0.2) is 0 Å². The highest BCUT2D eigenvalue weighted by Gasteiger charge is 2.15. The van der Waals surface area contributed by atoms with Gasteiger partial charge >= 0.3 is 0 Å². The van der Waals surface area contributed by atoms with Crippen molar-refractivity contribution >= 4 is 17.4 Å². The van der Waals surface area contributed by atoms with E-state index in [1.165, 1.54) is 13.4 Å². The Morgan fingerprint density at radius 1 is 1.00 bits per heavy atom. The van der Waals surface area contributed by atoms with Crippen LogP contribution in [0.3, 0.4) is 0 Å². The fraction of sp³-hybridized carbons (Fsp3) is 0.393. The second-order valence-corrected chi connectivity index (χ2v) is 9.20. The molecule has 1 aliphatic heterocycles. The molecule has 1 aromatic heterocycles. The summed E-state index contributed by atoms with van der Waals surface area (Å²) in [5.41, 5.74) is 3.24. The largest absolute Gasteiger partial charge is 0.497 e. The standard InChI is InChI=1S/C28H32ClN3O5/c1-34-26-15-21(28(29)27(18-26)35-2)14-24(33)17-23-16-22(30-19-31-23)12-20-4-3-5-25(13-20)37-11-8-32-6-9-36-10-7-32/h3-5,13,15-16,18-19H,6-12,14,17H2,1-2H3. The van der Waals surface area contributed by atoms with Gasteiger partial charge in [0.25, 0.3) is 0 Å². The van der Waals surface area contributed by atoms with Crippen molar-refractivity contribution in [2.24, 2.45) is 0 Å². The summed E-state index contributed by atoms with van der Waals surface area (Å²) < 4.78 is 22.0. The average Bonchev–Trinajstić information content (AvgIpc) is 2.91. The molecule has 0 aliphatic carbocycles. The van der Waals surface area contributed by atoms with E-state index in [4.69, 9.17) is 30.5 Å². The molecular weight excluding hydrogens is 494 g/mol. The monoisotopic (exact) mass is 525 g/mol. The molecule has 0 bridgehead atoms. The van der Waals surface area contributed by atoms with Crippen LogP contribution in [0, 0.1) is 0 Å². The lowest BCUT2D eigenvalue weighted by molar-refractivity contribution is -0.117. The molecule has 1 saturated heterocycles. The van der Waals surface area contributed by atoms with Crippen molar-refractivity contribution in [1.29, 1.82) is 0 Å². The van der Waals surface area contributed by atoms with E-state index in [0.29, 0.717) is 40.8 Å². The molecule has 0 saturated carbocycles. The molecule has 0 unspecified atom stereocenters. The van der Waals surface area contributed by atoms with Crippen LogP contribution in [-0.4, -0.2) is 74.3 Å². The first kappa shape index (κ1) is 26.9. The van der Waals surface area contributed by atoms with Crippen LogP contribution in [0.5, 0.6) is 17.2 Å². The van der Waals surface area contributed by atoms with Gasteiger partial charge in [-0.3, -0.25) is 9.69 Å². The van der Waals surface area contributed by atoms with Crippen LogP contribution in [0.25, 0.3) is 0 Å². The quantitative estimate of drug-likeness (QED) is 0.353. The Kier molecular flexibility index (Phi) is 9.71. The van der Waals surface area contributed by atoms with Gasteiger partial charge in [0.2, 0.25) is 0 Å². The highest BCUT2D eigenvalue weighted by molar-refractivity contribution is 6.33. The average molecular weight is 526 g/mol. The number of hydrogen-bond donors (Lipinski definition) is 0. The van der Waals surface area contributed by atoms with Crippen molar-refractivity contribution in [1.82, 2.24) is 14.9 Å². The van der Waals surface area contributed by atoms with Gasteiger partial charge in [-0.15, -0.1) is 0 Å². The summed E-state index contributed by atoms with van der Waals surface area (Å²) in [6, 6.07) is 13.3. The third kappa shape index (κ3) is 7.89. The van der Waals surface area contributed by atoms with E-state index in [-0.39, 0.29) is 18.6 Å². The minimum Gasteiger partial charge on any atom is -0.497 e. The third-order valence-corrected chi connectivity index (χ3v) is 6.58. The van der Waals surface area contributed by atoms with Gasteiger partial charge in [0.1, 0.15) is 36.0 Å². The minimum absolute atomic E-state index is 0.0162. The van der Waals surface area contributed by atoms with Crippen LogP contribution in [-0.2, 0) is 28.8 Å². The van der Waals surface area contributed by atoms with E-state index in [9.17, 15) is 4.79 Å². The molecule has 3 aromatic rings. The molecule has 2 aromatic carbocycles. The van der Waals surface area contributed by atoms with E-state index in [0.717, 1.165) is 49.9 Å². The summed E-state index contributed by atoms with van der Waals surface area (Å²) in [6.45, 7) is 4.97. The third-order valence-electron chi connectivity index (χ3n) is 6.15. The number of methoxy groups -OCH3 is 2. The van der Waals surface area contributed by atoms with Crippen LogP contribution in [0.4, 0.5) is 0 Å². The van der Waals surface area contributed by atoms with Crippen LogP contribution < -0.4 is 14.2 Å². The molecule has 37 heavy (non-hydrogen) atoms. The molecule has 4 rings (SSSR count). The zero-order valence-corrected chi connectivity index (χ0v) is 22.0. The van der Waals surface area contributed by atoms with Crippen molar-refractivity contribution in [3.8, 4) is 17.2 Å². The SMILES string of the molecule is COc1cc(CC(=O)Cc2cc(Cc3cccc(OCCN4CCOCC4)c3)ncn2)c(Cl)c(OC)c1. The summed E-state index contributed by atoms with van der Waals surface area (Å²) in [4.78, 5) is 23.9. The summed E-state index contributed by atoms with van der Waals surface area (Å²) in [7, 11) is 3.09. The Hall–Kier alpha value is -3.20. The van der Waals surface area contributed by atoms with E-state index in [1.54, 1.807) is 19.2 Å². The number of halogens is 1. The van der Waals surface area contributed by atoms with Gasteiger partial charge in [-0.2, -0.15) is 0 Å². The van der Waals surface area contributed by atoms with Crippen LogP contribution in [0.1, 0.15) is 22.5 Å². The van der Waals surface area contributed by atoms with Crippen LogP contribution in [0.15, 0.2) is 48.8 Å². The summed E-state index contributed by atoms with van der Waals surface area (Å²) in [5, 5.41) is 0.409. The molecule has 0 radical (unpaired) electrons. The van der Waals surface area contributed by atoms with Gasteiger partial charge in [0.05, 0.1) is 38.1 Å². The first-order chi connectivity index (χ1) is 18.0. The summed E-state index contributed by atoms with van der Waals surface area (Å²) in [5.74, 6) is 1.87. The molecule has 0 N–H and O–H groups in total. The number of benzene rings is 2. The Labute approximate surface area is 222 Å². The predicted octanol–water partition coefficient (Wildman–Crippen LogP) is 3.80. The van der Waals surface area contributed by atoms with E-state index >= 15 is 0 Å². The van der Waals surface area contributed by atoms with Crippen molar-refractivity contribution in [2.75, 3.05) is 53.7 Å². The number of morpholine rings is 1.